The first kappa shape index (κ1) is 16.0. The molecule has 3 aromatic rings. The Bertz CT molecular complexity index is 1200. The summed E-state index contributed by atoms with van der Waals surface area (Å²) in [6, 6.07) is 11.0. The third kappa shape index (κ3) is 1.83. The number of phenols is 1. The minimum Gasteiger partial charge on any atom is -0.504 e. The van der Waals surface area contributed by atoms with Crippen LogP contribution in [0.3, 0.4) is 0 Å². The van der Waals surface area contributed by atoms with Gasteiger partial charge in [0.15, 0.2) is 17.3 Å². The Morgan fingerprint density at radius 2 is 2.00 bits per heavy atom. The van der Waals surface area contributed by atoms with Crippen LogP contribution in [-0.4, -0.2) is 29.9 Å². The van der Waals surface area contributed by atoms with E-state index in [2.05, 4.69) is 5.32 Å². The molecule has 2 aliphatic carbocycles. The van der Waals surface area contributed by atoms with Crippen molar-refractivity contribution in [3.8, 4) is 28.6 Å². The third-order valence-electron chi connectivity index (χ3n) is 6.87. The first-order valence-corrected chi connectivity index (χ1v) is 9.47. The number of phenolic OH excluding ortho intramolecular Hbond substituents is 1. The van der Waals surface area contributed by atoms with Gasteiger partial charge in [0, 0.05) is 17.0 Å². The minimum absolute atomic E-state index is 0.0244. The first-order chi connectivity index (χ1) is 13.6. The molecule has 142 valence electrons. The molecule has 2 saturated carbocycles. The molecule has 2 aromatic carbocycles. The molecule has 2 heterocycles. The van der Waals surface area contributed by atoms with Crippen molar-refractivity contribution < 1.29 is 19.4 Å². The summed E-state index contributed by atoms with van der Waals surface area (Å²) in [5.41, 5.74) is 1.93. The highest BCUT2D eigenvalue weighted by Crippen LogP contribution is 2.80. The number of nitrogens with one attached hydrogen (secondary N) is 1. The van der Waals surface area contributed by atoms with Gasteiger partial charge in [-0.3, -0.25) is 4.79 Å². The molecule has 1 saturated heterocycles. The first-order valence-electron chi connectivity index (χ1n) is 9.47. The van der Waals surface area contributed by atoms with Crippen LogP contribution < -0.4 is 15.5 Å². The number of hydrogen-bond acceptors (Lipinski definition) is 6. The van der Waals surface area contributed by atoms with Gasteiger partial charge in [-0.05, 0) is 60.7 Å². The van der Waals surface area contributed by atoms with Crippen molar-refractivity contribution in [1.29, 1.82) is 0 Å². The fraction of sp³-hybridized carbons (Fsp3) is 0.318. The molecule has 3 aliphatic rings. The van der Waals surface area contributed by atoms with E-state index in [4.69, 9.17) is 9.15 Å². The van der Waals surface area contributed by atoms with Crippen LogP contribution in [0.4, 0.5) is 0 Å². The molecule has 0 bridgehead atoms. The molecule has 28 heavy (non-hydrogen) atoms. The molecule has 3 fully saturated rings. The van der Waals surface area contributed by atoms with E-state index < -0.39 is 11.2 Å². The lowest BCUT2D eigenvalue weighted by Gasteiger charge is -2.33. The molecule has 2 atom stereocenters. The van der Waals surface area contributed by atoms with Gasteiger partial charge in [-0.25, -0.2) is 0 Å². The number of fused-ring (bicyclic) bond motifs is 3. The van der Waals surface area contributed by atoms with Gasteiger partial charge >= 0.3 is 0 Å². The van der Waals surface area contributed by atoms with Crippen LogP contribution in [-0.2, 0) is 5.41 Å². The van der Waals surface area contributed by atoms with E-state index in [-0.39, 0.29) is 22.7 Å². The predicted molar refractivity (Wildman–Crippen MR) is 103 cm³/mol. The van der Waals surface area contributed by atoms with E-state index in [9.17, 15) is 15.0 Å². The van der Waals surface area contributed by atoms with E-state index in [1.807, 2.05) is 12.1 Å². The summed E-state index contributed by atoms with van der Waals surface area (Å²) in [6.45, 7) is 1.02. The average Bonchev–Trinajstić information content (AvgIpc) is 3.63. The van der Waals surface area contributed by atoms with Gasteiger partial charge in [0.25, 0.3) is 0 Å². The van der Waals surface area contributed by atoms with Crippen molar-refractivity contribution in [2.45, 2.75) is 17.9 Å². The molecule has 2 unspecified atom stereocenters. The van der Waals surface area contributed by atoms with Crippen LogP contribution >= 0.6 is 0 Å². The zero-order valence-electron chi connectivity index (χ0n) is 15.2. The molecular formula is C22H19NO5. The number of benzene rings is 2. The lowest BCUT2D eigenvalue weighted by Crippen LogP contribution is -2.43. The summed E-state index contributed by atoms with van der Waals surface area (Å²) in [7, 11) is 1.44. The maximum absolute atomic E-state index is 12.7. The van der Waals surface area contributed by atoms with E-state index >= 15 is 0 Å². The van der Waals surface area contributed by atoms with Crippen LogP contribution in [0.5, 0.6) is 17.2 Å². The van der Waals surface area contributed by atoms with E-state index in [0.717, 1.165) is 13.0 Å². The summed E-state index contributed by atoms with van der Waals surface area (Å²) in [6.07, 6.45) is 1.11. The molecule has 0 radical (unpaired) electrons. The lowest BCUT2D eigenvalue weighted by molar-refractivity contribution is 0.319. The number of aromatic hydroxyl groups is 2. The van der Waals surface area contributed by atoms with Crippen molar-refractivity contribution in [1.82, 2.24) is 5.32 Å². The van der Waals surface area contributed by atoms with Gasteiger partial charge in [-0.2, -0.15) is 0 Å². The molecule has 1 aromatic heterocycles. The van der Waals surface area contributed by atoms with E-state index in [1.54, 1.807) is 12.1 Å². The molecule has 0 spiro atoms. The number of rotatable bonds is 3. The van der Waals surface area contributed by atoms with Crippen molar-refractivity contribution in [3.63, 3.8) is 0 Å². The molecule has 6 nitrogen and oxygen atoms in total. The van der Waals surface area contributed by atoms with Crippen molar-refractivity contribution in [3.05, 3.63) is 52.2 Å². The maximum Gasteiger partial charge on any atom is 0.235 e. The molecule has 0 amide bonds. The number of methoxy groups -OCH3 is 1. The average molecular weight is 377 g/mol. The highest BCUT2D eigenvalue weighted by atomic mass is 16.5. The Balaban J connectivity index is 1.51. The zero-order chi connectivity index (χ0) is 19.2. The summed E-state index contributed by atoms with van der Waals surface area (Å²) >= 11 is 0. The van der Waals surface area contributed by atoms with Gasteiger partial charge in [0.05, 0.1) is 12.5 Å². The van der Waals surface area contributed by atoms with Gasteiger partial charge < -0.3 is 24.7 Å². The van der Waals surface area contributed by atoms with Crippen LogP contribution in [0, 0.1) is 11.8 Å². The SMILES string of the molecule is COc1cc(-c2oc3cc(C45CCNC6C4C65)ccc3c(=O)c2O)ccc1O. The monoisotopic (exact) mass is 377 g/mol. The lowest BCUT2D eigenvalue weighted by atomic mass is 9.78. The van der Waals surface area contributed by atoms with E-state index in [0.29, 0.717) is 34.4 Å². The van der Waals surface area contributed by atoms with Crippen LogP contribution in [0.15, 0.2) is 45.6 Å². The van der Waals surface area contributed by atoms with Crippen LogP contribution in [0.25, 0.3) is 22.3 Å². The Morgan fingerprint density at radius 1 is 1.18 bits per heavy atom. The van der Waals surface area contributed by atoms with Crippen molar-refractivity contribution in [2.75, 3.05) is 13.7 Å². The molecule has 3 N–H and O–H groups in total. The second-order valence-corrected chi connectivity index (χ2v) is 8.03. The summed E-state index contributed by atoms with van der Waals surface area (Å²) in [4.78, 5) is 12.7. The fourth-order valence-corrected chi connectivity index (χ4v) is 5.38. The predicted octanol–water partition coefficient (Wildman–Crippen LogP) is 2.74. The standard InChI is InChI=1S/C22H19NO5/c1-27-15-8-10(2-5-13(15)24)21-20(26)19(25)12-4-3-11(9-14(12)28-21)22-6-7-23-18-16(22)17(18)22/h2-5,8-9,16-18,23-24,26H,6-7H2,1H3. The molecular weight excluding hydrogens is 358 g/mol. The Labute approximate surface area is 160 Å². The molecule has 6 rings (SSSR count). The summed E-state index contributed by atoms with van der Waals surface area (Å²) in [5, 5.41) is 24.2. The van der Waals surface area contributed by atoms with Gasteiger partial charge in [-0.1, -0.05) is 6.07 Å². The number of ether oxygens (including phenoxy) is 1. The number of piperidine rings is 2. The Hall–Kier alpha value is -2.99. The van der Waals surface area contributed by atoms with E-state index in [1.165, 1.54) is 24.8 Å². The van der Waals surface area contributed by atoms with Crippen molar-refractivity contribution >= 4 is 11.0 Å². The Morgan fingerprint density at radius 3 is 2.75 bits per heavy atom. The van der Waals surface area contributed by atoms with Crippen LogP contribution in [0.1, 0.15) is 12.0 Å². The van der Waals surface area contributed by atoms with Gasteiger partial charge in [0.2, 0.25) is 11.2 Å². The molecule has 1 aliphatic heterocycles. The largest absolute Gasteiger partial charge is 0.504 e. The second kappa shape index (κ2) is 5.08. The number of hydrogen-bond donors (Lipinski definition) is 3. The summed E-state index contributed by atoms with van der Waals surface area (Å²) < 4.78 is 11.1. The smallest absolute Gasteiger partial charge is 0.235 e. The van der Waals surface area contributed by atoms with Crippen LogP contribution in [0.2, 0.25) is 0 Å². The molecule has 6 heteroatoms. The van der Waals surface area contributed by atoms with Gasteiger partial charge in [-0.15, -0.1) is 0 Å². The van der Waals surface area contributed by atoms with Gasteiger partial charge in [0.1, 0.15) is 5.58 Å². The fourth-order valence-electron chi connectivity index (χ4n) is 5.38. The maximum atomic E-state index is 12.7. The topological polar surface area (TPSA) is 91.9 Å². The van der Waals surface area contributed by atoms with Crippen molar-refractivity contribution in [2.24, 2.45) is 11.8 Å². The highest BCUT2D eigenvalue weighted by Gasteiger charge is 2.84. The Kier molecular flexibility index (Phi) is 2.91. The normalized spacial score (nSPS) is 29.4. The highest BCUT2D eigenvalue weighted by molar-refractivity contribution is 5.83. The quantitative estimate of drug-likeness (QED) is 0.650. The minimum atomic E-state index is -0.462. The second-order valence-electron chi connectivity index (χ2n) is 8.03. The zero-order valence-corrected chi connectivity index (χ0v) is 15.2. The summed E-state index contributed by atoms with van der Waals surface area (Å²) in [5.74, 6) is 1.28. The third-order valence-corrected chi connectivity index (χ3v) is 6.87.